The van der Waals surface area contributed by atoms with E-state index in [1.165, 1.54) is 0 Å². The average molecular weight is 255 g/mol. The van der Waals surface area contributed by atoms with Crippen LogP contribution in [0.15, 0.2) is 22.7 Å². The van der Waals surface area contributed by atoms with Crippen molar-refractivity contribution in [1.29, 1.82) is 0 Å². The van der Waals surface area contributed by atoms with Gasteiger partial charge in [-0.1, -0.05) is 0 Å². The summed E-state index contributed by atoms with van der Waals surface area (Å²) < 4.78 is 0.829. The van der Waals surface area contributed by atoms with Gasteiger partial charge in [-0.05, 0) is 0 Å². The van der Waals surface area contributed by atoms with Crippen LogP contribution in [0.25, 0.3) is 0 Å². The Bertz CT molecular complexity index is 671. The van der Waals surface area contributed by atoms with Gasteiger partial charge < -0.3 is 0 Å². The molecule has 0 aromatic carbocycles. The van der Waals surface area contributed by atoms with Crippen LogP contribution in [0, 0.1) is 0 Å². The summed E-state index contributed by atoms with van der Waals surface area (Å²) in [5, 5.41) is 0. The predicted octanol–water partition coefficient (Wildman–Crippen LogP) is 3.50. The van der Waals surface area contributed by atoms with Crippen molar-refractivity contribution >= 4 is 9.65 Å². The molecule has 0 N–H and O–H groups in total. The Labute approximate surface area is 85.5 Å². The number of hydrogen-bond donors (Lipinski definition) is 0. The monoisotopic (exact) mass is 255 g/mol. The first-order valence-corrected chi connectivity index (χ1v) is 11.1. The van der Waals surface area contributed by atoms with Crippen molar-refractivity contribution in [3.05, 3.63) is 22.7 Å². The van der Waals surface area contributed by atoms with Crippen molar-refractivity contribution in [3.63, 3.8) is 0 Å². The van der Waals surface area contributed by atoms with Gasteiger partial charge >= 0.3 is 85.3 Å². The summed E-state index contributed by atoms with van der Waals surface area (Å²) in [5.41, 5.74) is 0. The Hall–Kier alpha value is -0.854. The second-order valence-corrected chi connectivity index (χ2v) is 27.5. The fraction of sp³-hybridized carbons (Fsp3) is 0.500. The molecule has 1 aliphatic rings. The van der Waals surface area contributed by atoms with Gasteiger partial charge in [0, 0.05) is 0 Å². The number of allylic oxidation sites excluding steroid dienone is 4. The molecule has 0 atom stereocenters. The standard InChI is InChI=1S/C5H5.2CO.5CH3.Co/c1-2-4-5-3-1;2*1-2;;;;;;/h1-3H,4H2;;;5*1H3;. The molecule has 0 aliphatic heterocycles. The van der Waals surface area contributed by atoms with Gasteiger partial charge in [0.15, 0.2) is 0 Å². The first-order valence-electron chi connectivity index (χ1n) is 4.29. The van der Waals surface area contributed by atoms with Crippen molar-refractivity contribution in [2.75, 3.05) is 0 Å². The van der Waals surface area contributed by atoms with Crippen molar-refractivity contribution in [3.8, 4) is 0 Å². The van der Waals surface area contributed by atoms with E-state index in [9.17, 15) is 9.59 Å². The molecule has 1 rings (SSSR count). The third kappa shape index (κ3) is 1.40. The molecule has 0 saturated heterocycles. The summed E-state index contributed by atoms with van der Waals surface area (Å²) in [4.78, 5) is 27.7. The molecule has 0 amide bonds. The maximum atomic E-state index is 11.7. The molecule has 0 radical (unpaired) electrons. The molecular formula is C12H20CoO2. The van der Waals surface area contributed by atoms with Crippen molar-refractivity contribution in [1.82, 2.24) is 0 Å². The molecule has 15 heavy (non-hydrogen) atoms. The summed E-state index contributed by atoms with van der Waals surface area (Å²) >= 11 is 0. The second-order valence-electron chi connectivity index (χ2n) is 7.44. The fourth-order valence-electron chi connectivity index (χ4n) is 1.25. The fourth-order valence-corrected chi connectivity index (χ4v) is 4.11. The molecule has 0 aromatic rings. The molecule has 0 unspecified atom stereocenters. The molecule has 0 spiro atoms. The van der Waals surface area contributed by atoms with E-state index in [2.05, 4.69) is 9.65 Å². The zero-order valence-electron chi connectivity index (χ0n) is 10.1. The Morgan fingerprint density at radius 3 is 1.80 bits per heavy atom. The van der Waals surface area contributed by atoms with Crippen LogP contribution in [0.5, 0.6) is 0 Å². The molecule has 2 nitrogen and oxygen atoms in total. The molecular weight excluding hydrogens is 235 g/mol. The molecule has 89 valence electrons. The Morgan fingerprint density at radius 1 is 1.07 bits per heavy atom. The molecule has 1 aliphatic carbocycles. The first-order chi connectivity index (χ1) is 6.20. The van der Waals surface area contributed by atoms with Crippen LogP contribution in [-0.2, 0) is 17.2 Å². The van der Waals surface area contributed by atoms with Gasteiger partial charge in [0.25, 0.3) is 0 Å². The van der Waals surface area contributed by atoms with Crippen LogP contribution in [0.1, 0.15) is 6.42 Å². The van der Waals surface area contributed by atoms with E-state index in [0.717, 1.165) is 4.51 Å². The predicted molar refractivity (Wildman–Crippen MR) is 62.5 cm³/mol. The summed E-state index contributed by atoms with van der Waals surface area (Å²) in [5.74, 6) is 8.65. The Morgan fingerprint density at radius 2 is 1.53 bits per heavy atom. The normalized spacial score (nSPS) is 26.1. The maximum absolute atomic E-state index is 11.7. The van der Waals surface area contributed by atoms with Crippen LogP contribution in [0.4, 0.5) is 0 Å². The minimum atomic E-state index is -4.91. The van der Waals surface area contributed by atoms with E-state index in [4.69, 9.17) is 0 Å². The van der Waals surface area contributed by atoms with Crippen LogP contribution in [0.2, 0.25) is 29.3 Å². The zero-order chi connectivity index (χ0) is 12.2. The second kappa shape index (κ2) is 1.48. The van der Waals surface area contributed by atoms with Crippen LogP contribution >= 0.6 is 0 Å². The summed E-state index contributed by atoms with van der Waals surface area (Å²) in [7, 11) is -4.91. The van der Waals surface area contributed by atoms with Gasteiger partial charge in [-0.3, -0.25) is 0 Å². The number of hydrogen-bond acceptors (Lipinski definition) is 2. The average Bonchev–Trinajstić information content (AvgIpc) is 2.58. The molecule has 3 heteroatoms. The number of rotatable bonds is 1. The molecule has 0 fully saturated rings. The van der Waals surface area contributed by atoms with Crippen LogP contribution < -0.4 is 0 Å². The van der Waals surface area contributed by atoms with Crippen LogP contribution in [-0.4, -0.2) is 9.65 Å². The van der Waals surface area contributed by atoms with E-state index in [0.29, 0.717) is 6.42 Å². The van der Waals surface area contributed by atoms with Crippen molar-refractivity contribution < 1.29 is 17.2 Å². The molecule has 0 heterocycles. The first kappa shape index (κ1) is 12.2. The molecule has 0 aromatic heterocycles. The number of carbonyl (C=O) groups excluding carboxylic acids is 2. The van der Waals surface area contributed by atoms with E-state index < -0.39 is 7.58 Å². The Kier molecular flexibility index (Phi) is 1.21. The van der Waals surface area contributed by atoms with E-state index in [-0.39, 0.29) is 0 Å². The summed E-state index contributed by atoms with van der Waals surface area (Å²) in [6.45, 7) is 0. The van der Waals surface area contributed by atoms with E-state index >= 15 is 0 Å². The van der Waals surface area contributed by atoms with Gasteiger partial charge in [0.05, 0.1) is 0 Å². The van der Waals surface area contributed by atoms with Gasteiger partial charge in [-0.15, -0.1) is 0 Å². The third-order valence-electron chi connectivity index (χ3n) is 2.81. The summed E-state index contributed by atoms with van der Waals surface area (Å²) in [6, 6.07) is 0. The van der Waals surface area contributed by atoms with Gasteiger partial charge in [0.1, 0.15) is 0 Å². The third-order valence-corrected chi connectivity index (χ3v) is 9.76. The zero-order valence-corrected chi connectivity index (χ0v) is 11.1. The topological polar surface area (TPSA) is 34.1 Å². The van der Waals surface area contributed by atoms with Crippen molar-refractivity contribution in [2.45, 2.75) is 35.7 Å². The van der Waals surface area contributed by atoms with Crippen LogP contribution in [0.3, 0.4) is 0 Å². The van der Waals surface area contributed by atoms with E-state index in [1.807, 2.05) is 18.2 Å². The van der Waals surface area contributed by atoms with Gasteiger partial charge in [0.2, 0.25) is 0 Å². The quantitative estimate of drug-likeness (QED) is 0.718. The minimum absolute atomic E-state index is 0.622. The van der Waals surface area contributed by atoms with Gasteiger partial charge in [-0.25, -0.2) is 0 Å². The van der Waals surface area contributed by atoms with Crippen molar-refractivity contribution in [2.24, 2.45) is 0 Å². The van der Waals surface area contributed by atoms with Gasteiger partial charge in [-0.2, -0.15) is 0 Å². The molecule has 0 bridgehead atoms. The van der Waals surface area contributed by atoms with E-state index in [1.54, 1.807) is 29.3 Å². The Balaban J connectivity index is 4.44. The summed E-state index contributed by atoms with van der Waals surface area (Å²) in [6.07, 6.45) is 6.29. The molecule has 0 saturated carbocycles. The SMILES string of the molecule is [CH3][Co]([CH3])([CH3])([CH3])([CH3])(=[C]=O)(=[C]=O)[C]1=CC=CC1.